The molecule has 0 heterocycles. The lowest BCUT2D eigenvalue weighted by Crippen LogP contribution is -2.42. The van der Waals surface area contributed by atoms with Crippen molar-refractivity contribution in [3.8, 4) is 6.07 Å². The summed E-state index contributed by atoms with van der Waals surface area (Å²) in [5, 5.41) is 12.3. The van der Waals surface area contributed by atoms with Crippen LogP contribution in [-0.4, -0.2) is 6.54 Å². The zero-order valence-electron chi connectivity index (χ0n) is 12.3. The molecule has 0 fully saturated rings. The molecule has 0 amide bonds. The number of nitriles is 1. The number of hydrogen-bond acceptors (Lipinski definition) is 2. The molecule has 0 bridgehead atoms. The van der Waals surface area contributed by atoms with E-state index >= 15 is 0 Å². The molecule has 2 nitrogen and oxygen atoms in total. The second kappa shape index (κ2) is 6.54. The van der Waals surface area contributed by atoms with Crippen LogP contribution >= 0.6 is 15.9 Å². The van der Waals surface area contributed by atoms with Gasteiger partial charge in [0.15, 0.2) is 0 Å². The molecule has 1 aromatic rings. The quantitative estimate of drug-likeness (QED) is 0.830. The largest absolute Gasteiger partial charge is 0.307 e. The third kappa shape index (κ3) is 5.34. The Morgan fingerprint density at radius 1 is 1.16 bits per heavy atom. The first-order valence-corrected chi connectivity index (χ1v) is 7.44. The molecular formula is C16H23BrN2. The Kier molecular flexibility index (Phi) is 5.58. The van der Waals surface area contributed by atoms with Gasteiger partial charge in [0, 0.05) is 23.0 Å². The minimum absolute atomic E-state index is 0.0649. The van der Waals surface area contributed by atoms with E-state index in [1.54, 1.807) is 0 Å². The number of hydrogen-bond donors (Lipinski definition) is 1. The predicted octanol–water partition coefficient (Wildman–Crippen LogP) is 4.60. The summed E-state index contributed by atoms with van der Waals surface area (Å²) in [6, 6.07) is 10.6. The average Bonchev–Trinajstić information content (AvgIpc) is 2.35. The van der Waals surface area contributed by atoms with Gasteiger partial charge in [-0.15, -0.1) is 0 Å². The van der Waals surface area contributed by atoms with Gasteiger partial charge in [-0.25, -0.2) is 0 Å². The van der Waals surface area contributed by atoms with Crippen molar-refractivity contribution in [3.63, 3.8) is 0 Å². The number of benzene rings is 1. The molecule has 0 radical (unpaired) electrons. The molecule has 3 heteroatoms. The fourth-order valence-corrected chi connectivity index (χ4v) is 2.18. The minimum Gasteiger partial charge on any atom is -0.307 e. The Balaban J connectivity index is 2.65. The van der Waals surface area contributed by atoms with Crippen molar-refractivity contribution in [1.29, 1.82) is 5.26 Å². The highest BCUT2D eigenvalue weighted by molar-refractivity contribution is 9.10. The molecule has 0 saturated carbocycles. The van der Waals surface area contributed by atoms with Gasteiger partial charge >= 0.3 is 0 Å². The highest BCUT2D eigenvalue weighted by Crippen LogP contribution is 2.26. The van der Waals surface area contributed by atoms with E-state index < -0.39 is 0 Å². The molecule has 0 saturated heterocycles. The van der Waals surface area contributed by atoms with Gasteiger partial charge in [0.1, 0.15) is 0 Å². The Hall–Kier alpha value is -0.850. The summed E-state index contributed by atoms with van der Waals surface area (Å²) >= 11 is 3.46. The van der Waals surface area contributed by atoms with Crippen molar-refractivity contribution in [3.05, 3.63) is 34.3 Å². The van der Waals surface area contributed by atoms with Crippen molar-refractivity contribution in [2.75, 3.05) is 6.54 Å². The Labute approximate surface area is 125 Å². The van der Waals surface area contributed by atoms with Gasteiger partial charge in [-0.3, -0.25) is 0 Å². The first kappa shape index (κ1) is 16.2. The van der Waals surface area contributed by atoms with Crippen LogP contribution < -0.4 is 5.32 Å². The summed E-state index contributed by atoms with van der Waals surface area (Å²) in [5.74, 6) is 0. The van der Waals surface area contributed by atoms with E-state index in [1.165, 1.54) is 5.56 Å². The van der Waals surface area contributed by atoms with Crippen molar-refractivity contribution in [1.82, 2.24) is 5.32 Å². The van der Waals surface area contributed by atoms with Gasteiger partial charge in [-0.2, -0.15) is 5.26 Å². The van der Waals surface area contributed by atoms with E-state index in [-0.39, 0.29) is 11.0 Å². The van der Waals surface area contributed by atoms with Crippen molar-refractivity contribution >= 4 is 15.9 Å². The van der Waals surface area contributed by atoms with Gasteiger partial charge in [0.05, 0.1) is 6.07 Å². The molecule has 0 spiro atoms. The summed E-state index contributed by atoms with van der Waals surface area (Å²) in [5.41, 5.74) is 1.35. The van der Waals surface area contributed by atoms with Gasteiger partial charge in [-0.1, -0.05) is 41.9 Å². The van der Waals surface area contributed by atoms with E-state index in [2.05, 4.69) is 79.3 Å². The normalized spacial score (nSPS) is 12.2. The van der Waals surface area contributed by atoms with Crippen LogP contribution in [0.3, 0.4) is 0 Å². The summed E-state index contributed by atoms with van der Waals surface area (Å²) < 4.78 is 1.10. The molecule has 0 atom stereocenters. The average molecular weight is 323 g/mol. The van der Waals surface area contributed by atoms with E-state index in [0.29, 0.717) is 6.42 Å². The van der Waals surface area contributed by atoms with Gasteiger partial charge < -0.3 is 5.32 Å². The maximum absolute atomic E-state index is 8.69. The molecule has 0 aliphatic heterocycles. The number of nitrogens with zero attached hydrogens (tertiary/aromatic N) is 1. The maximum atomic E-state index is 8.69. The zero-order chi connectivity index (χ0) is 14.5. The molecular weight excluding hydrogens is 300 g/mol. The minimum atomic E-state index is -0.0649. The van der Waals surface area contributed by atoms with Gasteiger partial charge in [0.2, 0.25) is 0 Å². The lowest BCUT2D eigenvalue weighted by molar-refractivity contribution is 0.267. The van der Waals surface area contributed by atoms with Crippen LogP contribution in [0.2, 0.25) is 0 Å². The summed E-state index contributed by atoms with van der Waals surface area (Å²) in [7, 11) is 0. The highest BCUT2D eigenvalue weighted by atomic mass is 79.9. The maximum Gasteiger partial charge on any atom is 0.0621 e. The molecule has 1 N–H and O–H groups in total. The lowest BCUT2D eigenvalue weighted by Gasteiger charge is -2.33. The third-order valence-corrected chi connectivity index (χ3v) is 4.02. The van der Waals surface area contributed by atoms with Crippen LogP contribution in [0.5, 0.6) is 0 Å². The topological polar surface area (TPSA) is 35.8 Å². The smallest absolute Gasteiger partial charge is 0.0621 e. The molecule has 0 aromatic heterocycles. The summed E-state index contributed by atoms with van der Waals surface area (Å²) in [6.07, 6.45) is 1.54. The van der Waals surface area contributed by atoms with E-state index in [0.717, 1.165) is 17.4 Å². The van der Waals surface area contributed by atoms with Crippen LogP contribution in [0.1, 0.15) is 46.1 Å². The molecule has 104 valence electrons. The fourth-order valence-electron chi connectivity index (χ4n) is 1.91. The highest BCUT2D eigenvalue weighted by Gasteiger charge is 2.24. The molecule has 0 aliphatic carbocycles. The Morgan fingerprint density at radius 3 is 2.26 bits per heavy atom. The summed E-state index contributed by atoms with van der Waals surface area (Å²) in [6.45, 7) is 9.69. The first-order chi connectivity index (χ1) is 8.77. The second-order valence-electron chi connectivity index (χ2n) is 6.31. The monoisotopic (exact) mass is 322 g/mol. The standard InChI is InChI=1S/C16H23BrN2/c1-15(2,10-5-11-18)12-19-16(3,4)13-6-8-14(17)9-7-13/h6-9,19H,5,10,12H2,1-4H3. The van der Waals surface area contributed by atoms with Gasteiger partial charge in [0.25, 0.3) is 0 Å². The SMILES string of the molecule is CC(C)(CCC#N)CNC(C)(C)c1ccc(Br)cc1. The molecule has 19 heavy (non-hydrogen) atoms. The first-order valence-electron chi connectivity index (χ1n) is 6.65. The number of rotatable bonds is 6. The molecule has 0 unspecified atom stereocenters. The summed E-state index contributed by atoms with van der Waals surface area (Å²) in [4.78, 5) is 0. The number of nitrogens with one attached hydrogen (secondary N) is 1. The Bertz CT molecular complexity index is 441. The van der Waals surface area contributed by atoms with Crippen molar-refractivity contribution < 1.29 is 0 Å². The lowest BCUT2D eigenvalue weighted by atomic mass is 9.86. The van der Waals surface area contributed by atoms with Crippen molar-refractivity contribution in [2.24, 2.45) is 5.41 Å². The second-order valence-corrected chi connectivity index (χ2v) is 7.22. The van der Waals surface area contributed by atoms with Crippen LogP contribution in [0.4, 0.5) is 0 Å². The van der Waals surface area contributed by atoms with Crippen LogP contribution in [0, 0.1) is 16.7 Å². The Morgan fingerprint density at radius 2 is 1.74 bits per heavy atom. The zero-order valence-corrected chi connectivity index (χ0v) is 13.8. The molecule has 1 rings (SSSR count). The molecule has 0 aliphatic rings. The number of halogens is 1. The third-order valence-electron chi connectivity index (χ3n) is 3.49. The van der Waals surface area contributed by atoms with E-state index in [4.69, 9.17) is 5.26 Å². The fraction of sp³-hybridized carbons (Fsp3) is 0.562. The molecule has 1 aromatic carbocycles. The van der Waals surface area contributed by atoms with Crippen LogP contribution in [0.15, 0.2) is 28.7 Å². The van der Waals surface area contributed by atoms with Crippen LogP contribution in [-0.2, 0) is 5.54 Å². The van der Waals surface area contributed by atoms with Crippen LogP contribution in [0.25, 0.3) is 0 Å². The van der Waals surface area contributed by atoms with Crippen molar-refractivity contribution in [2.45, 2.75) is 46.1 Å². The van der Waals surface area contributed by atoms with E-state index in [9.17, 15) is 0 Å². The van der Waals surface area contributed by atoms with Gasteiger partial charge in [-0.05, 0) is 43.4 Å². The predicted molar refractivity (Wildman–Crippen MR) is 83.8 cm³/mol. The van der Waals surface area contributed by atoms with E-state index in [1.807, 2.05) is 0 Å².